The van der Waals surface area contributed by atoms with E-state index >= 15 is 0 Å². The van der Waals surface area contributed by atoms with E-state index in [0.717, 1.165) is 18.0 Å². The van der Waals surface area contributed by atoms with Crippen molar-refractivity contribution < 1.29 is 4.39 Å². The molecule has 1 heterocycles. The molecule has 0 radical (unpaired) electrons. The zero-order valence-corrected chi connectivity index (χ0v) is 6.08. The van der Waals surface area contributed by atoms with Crippen LogP contribution in [0.25, 0.3) is 5.57 Å². The quantitative estimate of drug-likeness (QED) is 0.653. The van der Waals surface area contributed by atoms with Crippen LogP contribution >= 0.6 is 0 Å². The lowest BCUT2D eigenvalue weighted by molar-refractivity contribution is 0.612. The highest BCUT2D eigenvalue weighted by molar-refractivity contribution is 5.55. The molecule has 1 rings (SSSR count). The van der Waals surface area contributed by atoms with Crippen molar-refractivity contribution in [3.8, 4) is 0 Å². The third kappa shape index (κ3) is 1.73. The molecule has 4 heteroatoms. The van der Waals surface area contributed by atoms with Crippen LogP contribution in [0.5, 0.6) is 0 Å². The minimum absolute atomic E-state index is 0.446. The zero-order chi connectivity index (χ0) is 8.27. The Hall–Kier alpha value is -1.45. The van der Waals surface area contributed by atoms with Crippen molar-refractivity contribution in [1.29, 1.82) is 0 Å². The fourth-order valence-corrected chi connectivity index (χ4v) is 0.590. The number of halogens is 1. The average molecular weight is 153 g/mol. The maximum Gasteiger partial charge on any atom is 0.159 e. The molecule has 0 spiro atoms. The van der Waals surface area contributed by atoms with Crippen molar-refractivity contribution in [2.75, 3.05) is 0 Å². The average Bonchev–Trinajstić information content (AvgIpc) is 2.05. The monoisotopic (exact) mass is 153 g/mol. The first-order valence-corrected chi connectivity index (χ1v) is 3.10. The van der Waals surface area contributed by atoms with Crippen LogP contribution in [0.3, 0.4) is 0 Å². The molecule has 0 saturated heterocycles. The summed E-state index contributed by atoms with van der Waals surface area (Å²) in [6, 6.07) is 0. The van der Waals surface area contributed by atoms with Gasteiger partial charge < -0.3 is 5.73 Å². The molecule has 0 aliphatic carbocycles. The van der Waals surface area contributed by atoms with Crippen LogP contribution in [0.4, 0.5) is 4.39 Å². The maximum atomic E-state index is 12.3. The first-order valence-electron chi connectivity index (χ1n) is 3.10. The molecule has 0 saturated carbocycles. The van der Waals surface area contributed by atoms with Crippen LogP contribution in [-0.2, 0) is 0 Å². The fourth-order valence-electron chi connectivity index (χ4n) is 0.590. The second kappa shape index (κ2) is 3.09. The van der Waals surface area contributed by atoms with Crippen molar-refractivity contribution >= 4 is 5.57 Å². The van der Waals surface area contributed by atoms with Crippen molar-refractivity contribution in [3.63, 3.8) is 0 Å². The van der Waals surface area contributed by atoms with Crippen molar-refractivity contribution in [2.24, 2.45) is 5.73 Å². The molecular weight excluding hydrogens is 145 g/mol. The van der Waals surface area contributed by atoms with E-state index in [4.69, 9.17) is 5.73 Å². The Morgan fingerprint density at radius 3 is 2.55 bits per heavy atom. The van der Waals surface area contributed by atoms with Crippen LogP contribution in [-0.4, -0.2) is 9.97 Å². The molecule has 0 unspecified atom stereocenters. The molecule has 0 aromatic carbocycles. The van der Waals surface area contributed by atoms with Gasteiger partial charge in [0.1, 0.15) is 0 Å². The van der Waals surface area contributed by atoms with Gasteiger partial charge in [0, 0.05) is 11.8 Å². The van der Waals surface area contributed by atoms with E-state index in [0.29, 0.717) is 5.82 Å². The van der Waals surface area contributed by atoms with E-state index in [1.807, 2.05) is 0 Å². The number of aromatic nitrogens is 2. The lowest BCUT2D eigenvalue weighted by Gasteiger charge is -1.95. The number of rotatable bonds is 1. The summed E-state index contributed by atoms with van der Waals surface area (Å²) in [5, 5.41) is 0. The van der Waals surface area contributed by atoms with Crippen LogP contribution in [0.15, 0.2) is 18.6 Å². The Kier molecular flexibility index (Phi) is 2.15. The molecule has 0 fully saturated rings. The van der Waals surface area contributed by atoms with E-state index in [-0.39, 0.29) is 0 Å². The van der Waals surface area contributed by atoms with E-state index in [2.05, 4.69) is 9.97 Å². The standard InChI is InChI=1S/C7H8FN3/c1-5(2-9)7-10-3-6(8)4-11-7/h2-4H,9H2,1H3/b5-2-. The third-order valence-electron chi connectivity index (χ3n) is 1.22. The highest BCUT2D eigenvalue weighted by atomic mass is 19.1. The Morgan fingerprint density at radius 1 is 1.55 bits per heavy atom. The van der Waals surface area contributed by atoms with Gasteiger partial charge in [-0.3, -0.25) is 0 Å². The van der Waals surface area contributed by atoms with Gasteiger partial charge in [0.15, 0.2) is 11.6 Å². The molecule has 0 aliphatic heterocycles. The van der Waals surface area contributed by atoms with Gasteiger partial charge in [0.05, 0.1) is 12.4 Å². The molecule has 2 N–H and O–H groups in total. The Labute approximate surface area is 63.8 Å². The Balaban J connectivity index is 2.99. The van der Waals surface area contributed by atoms with Gasteiger partial charge in [-0.2, -0.15) is 0 Å². The Bertz CT molecular complexity index is 266. The Morgan fingerprint density at radius 2 is 2.09 bits per heavy atom. The van der Waals surface area contributed by atoms with E-state index in [9.17, 15) is 4.39 Å². The number of nitrogens with two attached hydrogens (primary N) is 1. The summed E-state index contributed by atoms with van der Waals surface area (Å²) >= 11 is 0. The van der Waals surface area contributed by atoms with Crippen molar-refractivity contribution in [2.45, 2.75) is 6.92 Å². The minimum atomic E-state index is -0.446. The molecule has 1 aromatic heterocycles. The van der Waals surface area contributed by atoms with Gasteiger partial charge in [-0.1, -0.05) is 0 Å². The molecule has 58 valence electrons. The predicted molar refractivity (Wildman–Crippen MR) is 39.8 cm³/mol. The summed E-state index contributed by atoms with van der Waals surface area (Å²) < 4.78 is 12.3. The van der Waals surface area contributed by atoms with Crippen LogP contribution in [0, 0.1) is 5.82 Å². The smallest absolute Gasteiger partial charge is 0.159 e. The van der Waals surface area contributed by atoms with Gasteiger partial charge in [-0.15, -0.1) is 0 Å². The largest absolute Gasteiger partial charge is 0.404 e. The van der Waals surface area contributed by atoms with Crippen molar-refractivity contribution in [1.82, 2.24) is 9.97 Å². The first kappa shape index (κ1) is 7.65. The fraction of sp³-hybridized carbons (Fsp3) is 0.143. The van der Waals surface area contributed by atoms with Gasteiger partial charge >= 0.3 is 0 Å². The summed E-state index contributed by atoms with van der Waals surface area (Å²) in [4.78, 5) is 7.43. The normalized spacial score (nSPS) is 11.6. The van der Waals surface area contributed by atoms with Gasteiger partial charge in [-0.25, -0.2) is 14.4 Å². The summed E-state index contributed by atoms with van der Waals surface area (Å²) in [5.41, 5.74) is 5.93. The number of allylic oxidation sites excluding steroid dienone is 1. The molecule has 0 bridgehead atoms. The first-order chi connectivity index (χ1) is 5.24. The summed E-state index contributed by atoms with van der Waals surface area (Å²) in [6.45, 7) is 1.76. The summed E-state index contributed by atoms with van der Waals surface area (Å²) in [7, 11) is 0. The highest BCUT2D eigenvalue weighted by Gasteiger charge is 1.97. The SMILES string of the molecule is C/C(=C/N)c1ncc(F)cn1. The zero-order valence-electron chi connectivity index (χ0n) is 6.08. The topological polar surface area (TPSA) is 51.8 Å². The van der Waals surface area contributed by atoms with Crippen LogP contribution < -0.4 is 5.73 Å². The molecule has 0 amide bonds. The second-order valence-electron chi connectivity index (χ2n) is 2.07. The number of hydrogen-bond donors (Lipinski definition) is 1. The predicted octanol–water partition coefficient (Wildman–Crippen LogP) is 0.935. The van der Waals surface area contributed by atoms with Gasteiger partial charge in [0.25, 0.3) is 0 Å². The van der Waals surface area contributed by atoms with Crippen LogP contribution in [0.2, 0.25) is 0 Å². The third-order valence-corrected chi connectivity index (χ3v) is 1.22. The highest BCUT2D eigenvalue weighted by Crippen LogP contribution is 2.04. The van der Waals surface area contributed by atoms with Gasteiger partial charge in [-0.05, 0) is 6.92 Å². The van der Waals surface area contributed by atoms with E-state index in [1.165, 1.54) is 6.20 Å². The van der Waals surface area contributed by atoms with E-state index < -0.39 is 5.82 Å². The second-order valence-corrected chi connectivity index (χ2v) is 2.07. The molecular formula is C7H8FN3. The minimum Gasteiger partial charge on any atom is -0.404 e. The molecule has 3 nitrogen and oxygen atoms in total. The lowest BCUT2D eigenvalue weighted by atomic mass is 10.3. The molecule has 0 aliphatic rings. The molecule has 11 heavy (non-hydrogen) atoms. The maximum absolute atomic E-state index is 12.3. The summed E-state index contributed by atoms with van der Waals surface area (Å²) in [6.07, 6.45) is 3.60. The van der Waals surface area contributed by atoms with Crippen LogP contribution in [0.1, 0.15) is 12.7 Å². The van der Waals surface area contributed by atoms with Gasteiger partial charge in [0.2, 0.25) is 0 Å². The molecule has 0 atom stereocenters. The van der Waals surface area contributed by atoms with E-state index in [1.54, 1.807) is 6.92 Å². The summed E-state index contributed by atoms with van der Waals surface area (Å²) in [5.74, 6) is 0.00692. The van der Waals surface area contributed by atoms with Crippen molar-refractivity contribution in [3.05, 3.63) is 30.2 Å². The number of nitrogens with zero attached hydrogens (tertiary/aromatic N) is 2. The lowest BCUT2D eigenvalue weighted by Crippen LogP contribution is -1.94. The molecule has 1 aromatic rings. The number of hydrogen-bond acceptors (Lipinski definition) is 3.